The van der Waals surface area contributed by atoms with Crippen LogP contribution in [0.3, 0.4) is 0 Å². The molecule has 2 unspecified atom stereocenters. The number of benzene rings is 2. The van der Waals surface area contributed by atoms with Gasteiger partial charge in [-0.25, -0.2) is 4.39 Å². The monoisotopic (exact) mass is 337 g/mol. The van der Waals surface area contributed by atoms with Crippen molar-refractivity contribution >= 4 is 11.6 Å². The summed E-state index contributed by atoms with van der Waals surface area (Å²) < 4.78 is 52.7. The van der Waals surface area contributed by atoms with Crippen LogP contribution >= 0.6 is 0 Å². The van der Waals surface area contributed by atoms with Crippen molar-refractivity contribution in [3.63, 3.8) is 0 Å². The number of halogens is 4. The molecule has 24 heavy (non-hydrogen) atoms. The Bertz CT molecular complexity index is 785. The second-order valence-electron chi connectivity index (χ2n) is 5.99. The number of aryl methyl sites for hydroxylation is 1. The van der Waals surface area contributed by atoms with Crippen LogP contribution < -0.4 is 5.32 Å². The van der Waals surface area contributed by atoms with Gasteiger partial charge in [0.25, 0.3) is 0 Å². The average Bonchev–Trinajstić information content (AvgIpc) is 3.31. The number of hydrogen-bond acceptors (Lipinski definition) is 1. The van der Waals surface area contributed by atoms with Gasteiger partial charge in [0.15, 0.2) is 0 Å². The highest BCUT2D eigenvalue weighted by Gasteiger charge is 2.47. The third-order valence-electron chi connectivity index (χ3n) is 4.23. The van der Waals surface area contributed by atoms with Gasteiger partial charge in [-0.05, 0) is 48.6 Å². The lowest BCUT2D eigenvalue weighted by atomic mass is 10.0. The summed E-state index contributed by atoms with van der Waals surface area (Å²) in [4.78, 5) is 12.2. The Kier molecular flexibility index (Phi) is 4.07. The predicted octanol–water partition coefficient (Wildman–Crippen LogP) is 4.90. The number of carbonyl (C=O) groups excluding carboxylic acids is 1. The van der Waals surface area contributed by atoms with Crippen molar-refractivity contribution in [1.29, 1.82) is 0 Å². The van der Waals surface area contributed by atoms with Gasteiger partial charge in [0, 0.05) is 11.6 Å². The quantitative estimate of drug-likeness (QED) is 0.794. The van der Waals surface area contributed by atoms with Crippen molar-refractivity contribution in [2.75, 3.05) is 5.32 Å². The third-order valence-corrected chi connectivity index (χ3v) is 4.23. The second kappa shape index (κ2) is 5.92. The summed E-state index contributed by atoms with van der Waals surface area (Å²) in [7, 11) is 0. The summed E-state index contributed by atoms with van der Waals surface area (Å²) in [6.45, 7) is 1.60. The van der Waals surface area contributed by atoms with Crippen molar-refractivity contribution < 1.29 is 22.4 Å². The Morgan fingerprint density at radius 2 is 1.88 bits per heavy atom. The number of rotatable bonds is 3. The van der Waals surface area contributed by atoms with Crippen LogP contribution in [0.25, 0.3) is 0 Å². The maximum absolute atomic E-state index is 13.5. The lowest BCUT2D eigenvalue weighted by molar-refractivity contribution is -0.138. The molecule has 6 heteroatoms. The number of nitrogens with one attached hydrogen (secondary N) is 1. The van der Waals surface area contributed by atoms with Crippen LogP contribution in [0.2, 0.25) is 0 Å². The largest absolute Gasteiger partial charge is 0.416 e. The Morgan fingerprint density at radius 1 is 1.17 bits per heavy atom. The van der Waals surface area contributed by atoms with Crippen LogP contribution in [-0.4, -0.2) is 5.91 Å². The molecule has 1 aliphatic rings. The van der Waals surface area contributed by atoms with E-state index in [0.29, 0.717) is 17.7 Å². The van der Waals surface area contributed by atoms with Gasteiger partial charge in [-0.3, -0.25) is 4.79 Å². The second-order valence-corrected chi connectivity index (χ2v) is 5.99. The van der Waals surface area contributed by atoms with E-state index in [1.807, 2.05) is 0 Å². The van der Waals surface area contributed by atoms with E-state index >= 15 is 0 Å². The molecule has 2 aromatic rings. The minimum atomic E-state index is -4.44. The van der Waals surface area contributed by atoms with Gasteiger partial charge in [-0.1, -0.05) is 24.3 Å². The van der Waals surface area contributed by atoms with Crippen molar-refractivity contribution in [2.45, 2.75) is 25.4 Å². The fraction of sp³-hybridized carbons (Fsp3) is 0.278. The van der Waals surface area contributed by atoms with E-state index in [9.17, 15) is 22.4 Å². The minimum Gasteiger partial charge on any atom is -0.326 e. The van der Waals surface area contributed by atoms with Gasteiger partial charge < -0.3 is 5.32 Å². The fourth-order valence-corrected chi connectivity index (χ4v) is 2.81. The van der Waals surface area contributed by atoms with Gasteiger partial charge in [0.1, 0.15) is 5.82 Å². The highest BCUT2D eigenvalue weighted by molar-refractivity contribution is 5.95. The van der Waals surface area contributed by atoms with E-state index in [2.05, 4.69) is 5.32 Å². The first-order valence-corrected chi connectivity index (χ1v) is 7.50. The van der Waals surface area contributed by atoms with Crippen LogP contribution in [-0.2, 0) is 11.0 Å². The van der Waals surface area contributed by atoms with Crippen LogP contribution in [0.15, 0.2) is 42.5 Å². The summed E-state index contributed by atoms with van der Waals surface area (Å²) in [6, 6.07) is 9.61. The smallest absolute Gasteiger partial charge is 0.326 e. The molecule has 0 bridgehead atoms. The molecule has 3 rings (SSSR count). The topological polar surface area (TPSA) is 29.1 Å². The molecule has 1 N–H and O–H groups in total. The Morgan fingerprint density at radius 3 is 2.54 bits per heavy atom. The SMILES string of the molecule is Cc1ccc(NC(=O)C2CC2c2ccccc2C(F)(F)F)cc1F. The molecule has 0 saturated heterocycles. The van der Waals surface area contributed by atoms with Crippen molar-refractivity contribution in [3.05, 3.63) is 65.0 Å². The summed E-state index contributed by atoms with van der Waals surface area (Å²) in [6.07, 6.45) is -4.09. The van der Waals surface area contributed by atoms with E-state index in [1.54, 1.807) is 13.0 Å². The molecule has 1 saturated carbocycles. The number of amides is 1. The van der Waals surface area contributed by atoms with E-state index in [-0.39, 0.29) is 11.5 Å². The van der Waals surface area contributed by atoms with Crippen LogP contribution in [0.1, 0.15) is 29.0 Å². The van der Waals surface area contributed by atoms with Crippen molar-refractivity contribution in [1.82, 2.24) is 0 Å². The molecule has 1 fully saturated rings. The van der Waals surface area contributed by atoms with E-state index in [1.165, 1.54) is 30.3 Å². The zero-order chi connectivity index (χ0) is 17.5. The molecule has 0 aliphatic heterocycles. The standard InChI is InChI=1S/C18H15F4NO/c1-10-6-7-11(8-16(10)19)23-17(24)14-9-13(14)12-4-2-3-5-15(12)18(20,21)22/h2-8,13-14H,9H2,1H3,(H,23,24). The summed E-state index contributed by atoms with van der Waals surface area (Å²) in [5.41, 5.74) is 0.196. The van der Waals surface area contributed by atoms with Crippen LogP contribution in [0, 0.1) is 18.7 Å². The molecule has 0 spiro atoms. The lowest BCUT2D eigenvalue weighted by Gasteiger charge is -2.12. The molecule has 0 radical (unpaired) electrons. The normalized spacial score (nSPS) is 19.9. The molecule has 2 aromatic carbocycles. The van der Waals surface area contributed by atoms with Crippen molar-refractivity contribution in [2.24, 2.45) is 5.92 Å². The highest BCUT2D eigenvalue weighted by Crippen LogP contribution is 2.51. The first kappa shape index (κ1) is 16.5. The first-order valence-electron chi connectivity index (χ1n) is 7.50. The predicted molar refractivity (Wildman–Crippen MR) is 82.1 cm³/mol. The minimum absolute atomic E-state index is 0.139. The Labute approximate surface area is 136 Å². The maximum atomic E-state index is 13.5. The summed E-state index contributed by atoms with van der Waals surface area (Å²) >= 11 is 0. The zero-order valence-electron chi connectivity index (χ0n) is 12.8. The maximum Gasteiger partial charge on any atom is 0.416 e. The fourth-order valence-electron chi connectivity index (χ4n) is 2.81. The number of anilines is 1. The van der Waals surface area contributed by atoms with Gasteiger partial charge >= 0.3 is 6.18 Å². The number of alkyl halides is 3. The van der Waals surface area contributed by atoms with Crippen molar-refractivity contribution in [3.8, 4) is 0 Å². The molecule has 0 heterocycles. The van der Waals surface area contributed by atoms with Gasteiger partial charge in [0.05, 0.1) is 5.56 Å². The zero-order valence-corrected chi connectivity index (χ0v) is 12.8. The molecule has 2 nitrogen and oxygen atoms in total. The van der Waals surface area contributed by atoms with E-state index < -0.39 is 29.4 Å². The first-order chi connectivity index (χ1) is 11.3. The highest BCUT2D eigenvalue weighted by atomic mass is 19.4. The average molecular weight is 337 g/mol. The van der Waals surface area contributed by atoms with Crippen LogP contribution in [0.5, 0.6) is 0 Å². The Hall–Kier alpha value is -2.37. The molecule has 1 aliphatic carbocycles. The molecular weight excluding hydrogens is 322 g/mol. The molecule has 2 atom stereocenters. The lowest BCUT2D eigenvalue weighted by Crippen LogP contribution is -2.16. The number of hydrogen-bond donors (Lipinski definition) is 1. The summed E-state index contributed by atoms with van der Waals surface area (Å²) in [5.74, 6) is -1.82. The molecule has 0 aromatic heterocycles. The third kappa shape index (κ3) is 3.27. The van der Waals surface area contributed by atoms with Gasteiger partial charge in [-0.15, -0.1) is 0 Å². The molecule has 1 amide bonds. The molecular formula is C18H15F4NO. The van der Waals surface area contributed by atoms with Gasteiger partial charge in [-0.2, -0.15) is 13.2 Å². The van der Waals surface area contributed by atoms with E-state index in [0.717, 1.165) is 6.07 Å². The van der Waals surface area contributed by atoms with E-state index in [4.69, 9.17) is 0 Å². The Balaban J connectivity index is 1.73. The van der Waals surface area contributed by atoms with Gasteiger partial charge in [0.2, 0.25) is 5.91 Å². The molecule has 126 valence electrons. The van der Waals surface area contributed by atoms with Crippen LogP contribution in [0.4, 0.5) is 23.2 Å². The number of carbonyl (C=O) groups is 1. The summed E-state index contributed by atoms with van der Waals surface area (Å²) in [5, 5.41) is 2.57.